The van der Waals surface area contributed by atoms with Crippen LogP contribution in [0.3, 0.4) is 0 Å². The molecule has 0 spiro atoms. The molecule has 0 bridgehead atoms. The highest BCUT2D eigenvalue weighted by Crippen LogP contribution is 2.25. The van der Waals surface area contributed by atoms with Crippen LogP contribution in [0.2, 0.25) is 0 Å². The van der Waals surface area contributed by atoms with E-state index >= 15 is 0 Å². The molecule has 0 saturated heterocycles. The molecule has 0 aliphatic carbocycles. The standard InChI is InChI=1S/C23H21BrN4O5S3/c1-33-10-9-28-18-8-7-16(24)11-19(18)35-23(28)27-21(30)14-36(31,32)13-20(29)26-22-25-17(12-34-22)15-5-3-2-4-6-15/h2-8,11-12H,9-10,13-14H2,1H3,(H,25,26,29). The molecule has 1 N–H and O–H groups in total. The van der Waals surface area contributed by atoms with E-state index in [0.29, 0.717) is 23.6 Å². The highest BCUT2D eigenvalue weighted by atomic mass is 79.9. The average molecular weight is 610 g/mol. The van der Waals surface area contributed by atoms with Gasteiger partial charge in [0.25, 0.3) is 5.91 Å². The van der Waals surface area contributed by atoms with Gasteiger partial charge in [0.05, 0.1) is 22.5 Å². The largest absolute Gasteiger partial charge is 0.383 e. The monoisotopic (exact) mass is 608 g/mol. The van der Waals surface area contributed by atoms with Crippen LogP contribution in [0, 0.1) is 0 Å². The second-order valence-corrected chi connectivity index (χ2v) is 12.5. The molecule has 0 radical (unpaired) electrons. The first-order valence-electron chi connectivity index (χ1n) is 10.6. The van der Waals surface area contributed by atoms with Gasteiger partial charge in [-0.15, -0.1) is 11.3 Å². The molecule has 188 valence electrons. The van der Waals surface area contributed by atoms with E-state index in [0.717, 1.165) is 20.3 Å². The molecule has 0 aliphatic rings. The number of benzene rings is 2. The fourth-order valence-corrected chi connectivity index (χ4v) is 6.71. The quantitative estimate of drug-likeness (QED) is 0.309. The highest BCUT2D eigenvalue weighted by Gasteiger charge is 2.22. The Balaban J connectivity index is 1.45. The summed E-state index contributed by atoms with van der Waals surface area (Å²) in [7, 11) is -2.48. The molecule has 2 aromatic heterocycles. The van der Waals surface area contributed by atoms with Crippen molar-refractivity contribution in [3.05, 3.63) is 63.2 Å². The normalized spacial score (nSPS) is 12.2. The van der Waals surface area contributed by atoms with Crippen molar-refractivity contribution in [3.8, 4) is 11.3 Å². The zero-order valence-corrected chi connectivity index (χ0v) is 23.0. The minimum absolute atomic E-state index is 0.278. The van der Waals surface area contributed by atoms with Crippen LogP contribution in [0.15, 0.2) is 63.4 Å². The summed E-state index contributed by atoms with van der Waals surface area (Å²) in [5.41, 5.74) is 2.41. The van der Waals surface area contributed by atoms with Gasteiger partial charge in [-0.3, -0.25) is 9.59 Å². The summed E-state index contributed by atoms with van der Waals surface area (Å²) in [6.45, 7) is 0.836. The summed E-state index contributed by atoms with van der Waals surface area (Å²) in [5.74, 6) is -3.34. The number of fused-ring (bicyclic) bond motifs is 1. The number of anilines is 1. The topological polar surface area (TPSA) is 120 Å². The molecular weight excluding hydrogens is 588 g/mol. The predicted octanol–water partition coefficient (Wildman–Crippen LogP) is 3.72. The predicted molar refractivity (Wildman–Crippen MR) is 145 cm³/mol. The number of hydrogen-bond donors (Lipinski definition) is 1. The lowest BCUT2D eigenvalue weighted by Crippen LogP contribution is -2.28. The van der Waals surface area contributed by atoms with Crippen LogP contribution in [-0.4, -0.2) is 55.0 Å². The van der Waals surface area contributed by atoms with Gasteiger partial charge < -0.3 is 14.6 Å². The Morgan fingerprint density at radius 2 is 1.94 bits per heavy atom. The molecule has 4 aromatic rings. The number of aromatic nitrogens is 2. The van der Waals surface area contributed by atoms with Gasteiger partial charge in [0, 0.05) is 29.1 Å². The number of carbonyl (C=O) groups is 2. The van der Waals surface area contributed by atoms with Gasteiger partial charge in [0.2, 0.25) is 5.91 Å². The van der Waals surface area contributed by atoms with Crippen molar-refractivity contribution in [1.82, 2.24) is 9.55 Å². The van der Waals surface area contributed by atoms with Crippen LogP contribution < -0.4 is 10.1 Å². The summed E-state index contributed by atoms with van der Waals surface area (Å²) < 4.78 is 33.8. The van der Waals surface area contributed by atoms with Gasteiger partial charge in [-0.2, -0.15) is 4.99 Å². The number of rotatable bonds is 9. The maximum atomic E-state index is 12.6. The number of methoxy groups -OCH3 is 1. The molecule has 2 amide bonds. The van der Waals surface area contributed by atoms with Gasteiger partial charge in [0.15, 0.2) is 19.8 Å². The molecule has 4 rings (SSSR count). The number of carbonyl (C=O) groups excluding carboxylic acids is 2. The van der Waals surface area contributed by atoms with Crippen LogP contribution in [-0.2, 0) is 30.7 Å². The summed E-state index contributed by atoms with van der Waals surface area (Å²) >= 11 is 5.88. The van der Waals surface area contributed by atoms with Gasteiger partial charge in [-0.1, -0.05) is 57.6 Å². The minimum atomic E-state index is -4.05. The number of sulfone groups is 1. The number of halogens is 1. The van der Waals surface area contributed by atoms with E-state index in [2.05, 4.69) is 31.2 Å². The van der Waals surface area contributed by atoms with Crippen molar-refractivity contribution < 1.29 is 22.7 Å². The lowest BCUT2D eigenvalue weighted by molar-refractivity contribution is -0.115. The lowest BCUT2D eigenvalue weighted by atomic mass is 10.2. The van der Waals surface area contributed by atoms with Gasteiger partial charge in [-0.05, 0) is 18.2 Å². The van der Waals surface area contributed by atoms with Crippen molar-refractivity contribution in [2.24, 2.45) is 4.99 Å². The van der Waals surface area contributed by atoms with Gasteiger partial charge in [0.1, 0.15) is 11.5 Å². The Labute approximate surface area is 223 Å². The third-order valence-electron chi connectivity index (χ3n) is 4.90. The van der Waals surface area contributed by atoms with E-state index in [4.69, 9.17) is 4.74 Å². The lowest BCUT2D eigenvalue weighted by Gasteiger charge is -2.04. The number of amides is 2. The Kier molecular flexibility index (Phi) is 8.46. The molecule has 0 saturated carbocycles. The smallest absolute Gasteiger partial charge is 0.263 e. The van der Waals surface area contributed by atoms with Gasteiger partial charge in [-0.25, -0.2) is 13.4 Å². The van der Waals surface area contributed by atoms with E-state index in [9.17, 15) is 18.0 Å². The van der Waals surface area contributed by atoms with E-state index in [1.807, 2.05) is 48.5 Å². The first kappa shape index (κ1) is 26.4. The number of hydrogen-bond acceptors (Lipinski definition) is 8. The zero-order chi connectivity index (χ0) is 25.7. The third-order valence-corrected chi connectivity index (χ3v) is 8.58. The van der Waals surface area contributed by atoms with Crippen LogP contribution in [0.5, 0.6) is 0 Å². The molecule has 0 atom stereocenters. The second-order valence-electron chi connectivity index (χ2n) is 7.63. The van der Waals surface area contributed by atoms with Crippen molar-refractivity contribution >= 4 is 75.6 Å². The molecule has 0 unspecified atom stereocenters. The molecule has 2 heterocycles. The van der Waals surface area contributed by atoms with Crippen LogP contribution in [0.1, 0.15) is 0 Å². The first-order chi connectivity index (χ1) is 17.2. The summed E-state index contributed by atoms with van der Waals surface area (Å²) in [6.07, 6.45) is 0. The Morgan fingerprint density at radius 1 is 1.17 bits per heavy atom. The summed E-state index contributed by atoms with van der Waals surface area (Å²) in [6, 6.07) is 15.1. The molecule has 9 nitrogen and oxygen atoms in total. The number of thiazole rings is 2. The molecule has 2 aromatic carbocycles. The second kappa shape index (κ2) is 11.6. The van der Waals surface area contributed by atoms with E-state index in [-0.39, 0.29) is 5.13 Å². The summed E-state index contributed by atoms with van der Waals surface area (Å²) in [4.78, 5) is 33.6. The Bertz CT molecular complexity index is 1580. The molecule has 0 fully saturated rings. The zero-order valence-electron chi connectivity index (χ0n) is 19.0. The SMILES string of the molecule is COCCn1c(=NC(=O)CS(=O)(=O)CC(=O)Nc2nc(-c3ccccc3)cs2)sc2cc(Br)ccc21. The van der Waals surface area contributed by atoms with E-state index in [1.54, 1.807) is 17.1 Å². The Morgan fingerprint density at radius 3 is 2.69 bits per heavy atom. The summed E-state index contributed by atoms with van der Waals surface area (Å²) in [5, 5.41) is 4.54. The minimum Gasteiger partial charge on any atom is -0.383 e. The van der Waals surface area contributed by atoms with Crippen molar-refractivity contribution in [2.75, 3.05) is 30.5 Å². The fraction of sp³-hybridized carbons (Fsp3) is 0.217. The van der Waals surface area contributed by atoms with Crippen LogP contribution in [0.25, 0.3) is 21.5 Å². The number of nitrogens with one attached hydrogen (secondary N) is 1. The molecule has 13 heteroatoms. The molecule has 36 heavy (non-hydrogen) atoms. The number of ether oxygens (including phenoxy) is 1. The van der Waals surface area contributed by atoms with E-state index < -0.39 is 33.2 Å². The van der Waals surface area contributed by atoms with Gasteiger partial charge >= 0.3 is 0 Å². The first-order valence-corrected chi connectivity index (χ1v) is 14.9. The third kappa shape index (κ3) is 6.73. The maximum absolute atomic E-state index is 12.6. The Hall–Kier alpha value is -2.71. The average Bonchev–Trinajstić information content (AvgIpc) is 3.41. The van der Waals surface area contributed by atoms with Crippen molar-refractivity contribution in [2.45, 2.75) is 6.54 Å². The number of nitrogens with zero attached hydrogens (tertiary/aromatic N) is 3. The van der Waals surface area contributed by atoms with Crippen molar-refractivity contribution in [3.63, 3.8) is 0 Å². The van der Waals surface area contributed by atoms with Crippen molar-refractivity contribution in [1.29, 1.82) is 0 Å². The molecule has 0 aliphatic heterocycles. The molecular formula is C23H21BrN4O5S3. The fourth-order valence-electron chi connectivity index (χ4n) is 3.34. The maximum Gasteiger partial charge on any atom is 0.263 e. The van der Waals surface area contributed by atoms with Crippen LogP contribution >= 0.6 is 38.6 Å². The highest BCUT2D eigenvalue weighted by molar-refractivity contribution is 9.10. The van der Waals surface area contributed by atoms with E-state index in [1.165, 1.54) is 22.7 Å². The van der Waals surface area contributed by atoms with Crippen LogP contribution in [0.4, 0.5) is 5.13 Å².